The van der Waals surface area contributed by atoms with Crippen LogP contribution in [0.3, 0.4) is 0 Å². The van der Waals surface area contributed by atoms with Crippen LogP contribution in [0.1, 0.15) is 32.6 Å². The average Bonchev–Trinajstić information content (AvgIpc) is 2.38. The minimum Gasteiger partial charge on any atom is -0.347 e. The molecule has 1 saturated carbocycles. The maximum Gasteiger partial charge on any atom is 0.241 e. The minimum absolute atomic E-state index is 0.0786. The Bertz CT molecular complexity index is 387. The summed E-state index contributed by atoms with van der Waals surface area (Å²) in [6.45, 7) is 4.84. The first-order chi connectivity index (χ1) is 9.48. The second-order valence-electron chi connectivity index (χ2n) is 6.52. The van der Waals surface area contributed by atoms with Gasteiger partial charge in [-0.25, -0.2) is 0 Å². The van der Waals surface area contributed by atoms with Crippen molar-refractivity contribution in [2.45, 2.75) is 32.6 Å². The van der Waals surface area contributed by atoms with Crippen LogP contribution in [0.2, 0.25) is 0 Å². The first-order valence-electron chi connectivity index (χ1n) is 7.64. The molecule has 1 atom stereocenters. The number of likely N-dealkylation sites (tertiary alicyclic amines) is 1. The van der Waals surface area contributed by atoms with Crippen molar-refractivity contribution in [3.8, 4) is 0 Å². The lowest BCUT2D eigenvalue weighted by Gasteiger charge is -2.53. The van der Waals surface area contributed by atoms with Gasteiger partial charge < -0.3 is 15.1 Å². The van der Waals surface area contributed by atoms with Crippen LogP contribution >= 0.6 is 0 Å². The Morgan fingerprint density at radius 3 is 2.65 bits per heavy atom. The molecule has 0 radical (unpaired) electrons. The van der Waals surface area contributed by atoms with Crippen LogP contribution in [0.15, 0.2) is 4.99 Å². The monoisotopic (exact) mass is 280 g/mol. The van der Waals surface area contributed by atoms with Gasteiger partial charge in [0.25, 0.3) is 0 Å². The summed E-state index contributed by atoms with van der Waals surface area (Å²) < 4.78 is 0. The van der Waals surface area contributed by atoms with Crippen molar-refractivity contribution in [1.82, 2.24) is 15.1 Å². The second-order valence-corrected chi connectivity index (χ2v) is 6.52. The van der Waals surface area contributed by atoms with E-state index in [0.29, 0.717) is 12.0 Å². The number of nitrogens with zero attached hydrogens (tertiary/aromatic N) is 3. The predicted molar refractivity (Wildman–Crippen MR) is 81.7 cm³/mol. The molecular weight excluding hydrogens is 252 g/mol. The second kappa shape index (κ2) is 6.02. The molecule has 1 heterocycles. The van der Waals surface area contributed by atoms with Crippen LogP contribution < -0.4 is 5.32 Å². The van der Waals surface area contributed by atoms with Crippen LogP contribution in [0.4, 0.5) is 0 Å². The fourth-order valence-electron chi connectivity index (χ4n) is 3.38. The molecule has 1 spiro atoms. The van der Waals surface area contributed by atoms with Crippen molar-refractivity contribution >= 4 is 11.9 Å². The van der Waals surface area contributed by atoms with Crippen molar-refractivity contribution in [1.29, 1.82) is 0 Å². The number of hydrogen-bond donors (Lipinski definition) is 1. The number of amides is 1. The maximum absolute atomic E-state index is 11.7. The molecule has 1 aliphatic carbocycles. The third kappa shape index (κ3) is 2.91. The average molecular weight is 280 g/mol. The zero-order valence-corrected chi connectivity index (χ0v) is 13.3. The molecule has 1 N–H and O–H groups in total. The quantitative estimate of drug-likeness (QED) is 0.610. The molecule has 0 bridgehead atoms. The van der Waals surface area contributed by atoms with Crippen LogP contribution in [0, 0.1) is 11.3 Å². The zero-order chi connectivity index (χ0) is 14.8. The highest BCUT2D eigenvalue weighted by Gasteiger charge is 2.45. The smallest absolute Gasteiger partial charge is 0.241 e. The third-order valence-corrected chi connectivity index (χ3v) is 5.14. The molecule has 0 aromatic rings. The van der Waals surface area contributed by atoms with Gasteiger partial charge in [0.2, 0.25) is 5.91 Å². The molecule has 0 aromatic heterocycles. The summed E-state index contributed by atoms with van der Waals surface area (Å²) in [5, 5.41) is 3.21. The lowest BCUT2D eigenvalue weighted by atomic mass is 9.59. The van der Waals surface area contributed by atoms with Gasteiger partial charge in [0.1, 0.15) is 0 Å². The normalized spacial score (nSPS) is 25.3. The molecule has 5 heteroatoms. The van der Waals surface area contributed by atoms with Gasteiger partial charge in [0, 0.05) is 34.2 Å². The van der Waals surface area contributed by atoms with Crippen molar-refractivity contribution in [3.05, 3.63) is 0 Å². The molecule has 1 amide bonds. The summed E-state index contributed by atoms with van der Waals surface area (Å²) in [5.41, 5.74) is 0.501. The molecule has 2 aliphatic rings. The van der Waals surface area contributed by atoms with E-state index < -0.39 is 0 Å². The van der Waals surface area contributed by atoms with E-state index in [1.807, 2.05) is 0 Å². The first-order valence-corrected chi connectivity index (χ1v) is 7.64. The van der Waals surface area contributed by atoms with Gasteiger partial charge in [0.05, 0.1) is 6.54 Å². The van der Waals surface area contributed by atoms with Crippen LogP contribution in [-0.4, -0.2) is 62.4 Å². The molecular formula is C15H28N4O. The summed E-state index contributed by atoms with van der Waals surface area (Å²) in [7, 11) is 5.35. The van der Waals surface area contributed by atoms with E-state index in [4.69, 9.17) is 0 Å². The highest BCUT2D eigenvalue weighted by Crippen LogP contribution is 2.50. The lowest BCUT2D eigenvalue weighted by Crippen LogP contribution is -2.56. The summed E-state index contributed by atoms with van der Waals surface area (Å²) in [6.07, 6.45) is 5.28. The van der Waals surface area contributed by atoms with Gasteiger partial charge in [-0.3, -0.25) is 9.79 Å². The Labute approximate surface area is 122 Å². The highest BCUT2D eigenvalue weighted by molar-refractivity contribution is 5.86. The molecule has 20 heavy (non-hydrogen) atoms. The maximum atomic E-state index is 11.7. The van der Waals surface area contributed by atoms with Crippen molar-refractivity contribution in [2.24, 2.45) is 16.3 Å². The number of aliphatic imine (C=N–C) groups is 1. The summed E-state index contributed by atoms with van der Waals surface area (Å²) >= 11 is 0. The fraction of sp³-hybridized carbons (Fsp3) is 0.867. The van der Waals surface area contributed by atoms with E-state index in [1.54, 1.807) is 26.0 Å². The number of carbonyl (C=O) groups excluding carboxylic acids is 1. The molecule has 1 saturated heterocycles. The molecule has 114 valence electrons. The molecule has 5 nitrogen and oxygen atoms in total. The van der Waals surface area contributed by atoms with Crippen molar-refractivity contribution in [3.63, 3.8) is 0 Å². The van der Waals surface area contributed by atoms with Gasteiger partial charge in [-0.1, -0.05) is 13.3 Å². The van der Waals surface area contributed by atoms with E-state index in [1.165, 1.54) is 25.7 Å². The summed E-state index contributed by atoms with van der Waals surface area (Å²) in [6, 6.07) is 0. The van der Waals surface area contributed by atoms with Crippen molar-refractivity contribution in [2.75, 3.05) is 40.8 Å². The van der Waals surface area contributed by atoms with Crippen LogP contribution in [0.5, 0.6) is 0 Å². The summed E-state index contributed by atoms with van der Waals surface area (Å²) in [5.74, 6) is 1.77. The largest absolute Gasteiger partial charge is 0.347 e. The highest BCUT2D eigenvalue weighted by atomic mass is 16.2. The molecule has 0 aromatic carbocycles. The predicted octanol–water partition coefficient (Wildman–Crippen LogP) is 1.16. The Balaban J connectivity index is 1.93. The Kier molecular flexibility index (Phi) is 4.55. The van der Waals surface area contributed by atoms with E-state index >= 15 is 0 Å². The van der Waals surface area contributed by atoms with Gasteiger partial charge in [-0.2, -0.15) is 0 Å². The fourth-order valence-corrected chi connectivity index (χ4v) is 3.38. The number of rotatable bonds is 2. The number of carbonyl (C=O) groups is 1. The van der Waals surface area contributed by atoms with Gasteiger partial charge >= 0.3 is 0 Å². The lowest BCUT2D eigenvalue weighted by molar-refractivity contribution is -0.127. The molecule has 2 fully saturated rings. The van der Waals surface area contributed by atoms with E-state index in [2.05, 4.69) is 22.1 Å². The SMILES string of the molecule is CN=C(NCC(=O)N(C)C)N1CCC(C)C2(CCC2)C1. The molecule has 2 rings (SSSR count). The topological polar surface area (TPSA) is 47.9 Å². The molecule has 1 aliphatic heterocycles. The van der Waals surface area contributed by atoms with Gasteiger partial charge in [0.15, 0.2) is 5.96 Å². The number of nitrogens with one attached hydrogen (secondary N) is 1. The Morgan fingerprint density at radius 2 is 2.15 bits per heavy atom. The first kappa shape index (κ1) is 15.1. The van der Waals surface area contributed by atoms with E-state index in [9.17, 15) is 4.79 Å². The number of hydrogen-bond acceptors (Lipinski definition) is 2. The van der Waals surface area contributed by atoms with Gasteiger partial charge in [-0.05, 0) is 30.6 Å². The number of piperidine rings is 1. The van der Waals surface area contributed by atoms with Crippen molar-refractivity contribution < 1.29 is 4.79 Å². The van der Waals surface area contributed by atoms with E-state index in [0.717, 1.165) is 25.0 Å². The number of likely N-dealkylation sites (N-methyl/N-ethyl adjacent to an activating group) is 1. The molecule has 1 unspecified atom stereocenters. The standard InChI is InChI=1S/C15H28N4O/c1-12-6-9-19(11-15(12)7-5-8-15)14(16-2)17-10-13(20)18(3)4/h12H,5-11H2,1-4H3,(H,16,17). The number of guanidine groups is 1. The van der Waals surface area contributed by atoms with E-state index in [-0.39, 0.29) is 5.91 Å². The van der Waals surface area contributed by atoms with Crippen LogP contribution in [0.25, 0.3) is 0 Å². The third-order valence-electron chi connectivity index (χ3n) is 5.14. The summed E-state index contributed by atoms with van der Waals surface area (Å²) in [4.78, 5) is 20.0. The zero-order valence-electron chi connectivity index (χ0n) is 13.3. The van der Waals surface area contributed by atoms with Gasteiger partial charge in [-0.15, -0.1) is 0 Å². The Morgan fingerprint density at radius 1 is 1.45 bits per heavy atom. The Hall–Kier alpha value is -1.26. The van der Waals surface area contributed by atoms with Crippen LogP contribution in [-0.2, 0) is 4.79 Å². The minimum atomic E-state index is 0.0786.